The molecular weight excluding hydrogens is 264 g/mol. The van der Waals surface area contributed by atoms with Crippen LogP contribution >= 0.6 is 0 Å². The molecule has 0 bridgehead atoms. The molecular formula is C17H22N2O2. The number of fused-ring (bicyclic) bond motifs is 1. The zero-order chi connectivity index (χ0) is 15.0. The molecule has 1 aliphatic rings. The van der Waals surface area contributed by atoms with Crippen molar-refractivity contribution in [3.8, 4) is 0 Å². The van der Waals surface area contributed by atoms with E-state index in [2.05, 4.69) is 23.7 Å². The van der Waals surface area contributed by atoms with Crippen LogP contribution in [0.2, 0.25) is 0 Å². The minimum Gasteiger partial charge on any atom is -0.480 e. The summed E-state index contributed by atoms with van der Waals surface area (Å²) in [6, 6.07) is 7.34. The number of nitrogens with one attached hydrogen (secondary N) is 1. The van der Waals surface area contributed by atoms with Gasteiger partial charge in [0.25, 0.3) is 0 Å². The maximum absolute atomic E-state index is 11.9. The molecule has 3 rings (SSSR count). The molecule has 112 valence electrons. The highest BCUT2D eigenvalue weighted by Gasteiger charge is 2.34. The molecule has 0 amide bonds. The minimum atomic E-state index is -0.763. The van der Waals surface area contributed by atoms with Crippen LogP contribution in [0.1, 0.15) is 31.9 Å². The summed E-state index contributed by atoms with van der Waals surface area (Å²) in [6.45, 7) is 6.11. The van der Waals surface area contributed by atoms with Crippen LogP contribution in [0.25, 0.3) is 10.9 Å². The van der Waals surface area contributed by atoms with Gasteiger partial charge in [-0.25, -0.2) is 0 Å². The standard InChI is InChI=1S/C17H22N2O2/c1-11-7-12(2)10-19(9-11)16(17(20)21)14-8-18-15-6-4-3-5-13(14)15/h3-6,8,11-12,16,18H,7,9-10H2,1-2H3,(H,20,21)/t11-,12+,16?. The van der Waals surface area contributed by atoms with Crippen molar-refractivity contribution in [2.75, 3.05) is 13.1 Å². The third-order valence-corrected chi connectivity index (χ3v) is 4.41. The summed E-state index contributed by atoms with van der Waals surface area (Å²) in [5.41, 5.74) is 1.87. The number of hydrogen-bond donors (Lipinski definition) is 2. The van der Waals surface area contributed by atoms with Gasteiger partial charge in [0.2, 0.25) is 0 Å². The Morgan fingerprint density at radius 2 is 1.95 bits per heavy atom. The van der Waals surface area contributed by atoms with Crippen molar-refractivity contribution in [1.82, 2.24) is 9.88 Å². The number of likely N-dealkylation sites (tertiary alicyclic amines) is 1. The van der Waals surface area contributed by atoms with Crippen LogP contribution in [0.5, 0.6) is 0 Å². The van der Waals surface area contributed by atoms with E-state index in [9.17, 15) is 9.90 Å². The number of carboxylic acids is 1. The number of piperidine rings is 1. The number of aliphatic carboxylic acids is 1. The Morgan fingerprint density at radius 3 is 2.62 bits per heavy atom. The molecule has 0 aliphatic carbocycles. The summed E-state index contributed by atoms with van der Waals surface area (Å²) in [6.07, 6.45) is 3.03. The molecule has 4 heteroatoms. The quantitative estimate of drug-likeness (QED) is 0.910. The van der Waals surface area contributed by atoms with Gasteiger partial charge in [-0.3, -0.25) is 9.69 Å². The third-order valence-electron chi connectivity index (χ3n) is 4.41. The van der Waals surface area contributed by atoms with E-state index in [4.69, 9.17) is 0 Å². The number of nitrogens with zero attached hydrogens (tertiary/aromatic N) is 1. The smallest absolute Gasteiger partial charge is 0.325 e. The zero-order valence-corrected chi connectivity index (χ0v) is 12.5. The summed E-state index contributed by atoms with van der Waals surface area (Å²) in [5, 5.41) is 10.8. The van der Waals surface area contributed by atoms with E-state index < -0.39 is 12.0 Å². The number of para-hydroxylation sites is 1. The summed E-state index contributed by atoms with van der Waals surface area (Å²) >= 11 is 0. The van der Waals surface area contributed by atoms with Crippen LogP contribution in [-0.2, 0) is 4.79 Å². The molecule has 0 radical (unpaired) electrons. The van der Waals surface area contributed by atoms with Crippen molar-refractivity contribution in [1.29, 1.82) is 0 Å². The second-order valence-electron chi connectivity index (χ2n) is 6.43. The molecule has 1 fully saturated rings. The average Bonchev–Trinajstić information content (AvgIpc) is 2.82. The van der Waals surface area contributed by atoms with E-state index in [0.29, 0.717) is 11.8 Å². The first-order valence-corrected chi connectivity index (χ1v) is 7.59. The van der Waals surface area contributed by atoms with Gasteiger partial charge in [-0.15, -0.1) is 0 Å². The molecule has 3 atom stereocenters. The molecule has 2 N–H and O–H groups in total. The summed E-state index contributed by atoms with van der Waals surface area (Å²) < 4.78 is 0. The molecule has 1 unspecified atom stereocenters. The number of benzene rings is 1. The van der Waals surface area contributed by atoms with E-state index in [0.717, 1.165) is 29.6 Å². The van der Waals surface area contributed by atoms with E-state index in [1.807, 2.05) is 30.5 Å². The molecule has 21 heavy (non-hydrogen) atoms. The molecule has 0 spiro atoms. The van der Waals surface area contributed by atoms with Gasteiger partial charge >= 0.3 is 5.97 Å². The molecule has 1 aromatic heterocycles. The average molecular weight is 286 g/mol. The topological polar surface area (TPSA) is 56.3 Å². The monoisotopic (exact) mass is 286 g/mol. The van der Waals surface area contributed by atoms with Crippen molar-refractivity contribution in [3.05, 3.63) is 36.0 Å². The number of rotatable bonds is 3. The maximum Gasteiger partial charge on any atom is 0.325 e. The molecule has 1 aromatic carbocycles. The van der Waals surface area contributed by atoms with Gasteiger partial charge in [0.15, 0.2) is 0 Å². The van der Waals surface area contributed by atoms with Gasteiger partial charge < -0.3 is 10.1 Å². The van der Waals surface area contributed by atoms with Crippen molar-refractivity contribution in [2.45, 2.75) is 26.3 Å². The number of carboxylic acid groups (broad SMARTS) is 1. The van der Waals surface area contributed by atoms with E-state index in [1.54, 1.807) is 0 Å². The normalized spacial score (nSPS) is 25.0. The largest absolute Gasteiger partial charge is 0.480 e. The summed E-state index contributed by atoms with van der Waals surface area (Å²) in [4.78, 5) is 17.2. The second-order valence-corrected chi connectivity index (χ2v) is 6.43. The summed E-state index contributed by atoms with van der Waals surface area (Å²) in [7, 11) is 0. The molecule has 1 aliphatic heterocycles. The lowest BCUT2D eigenvalue weighted by molar-refractivity contribution is -0.144. The van der Waals surface area contributed by atoms with Crippen LogP contribution < -0.4 is 0 Å². The lowest BCUT2D eigenvalue weighted by Crippen LogP contribution is -2.43. The van der Waals surface area contributed by atoms with Gasteiger partial charge in [-0.1, -0.05) is 32.0 Å². The third kappa shape index (κ3) is 2.68. The summed E-state index contributed by atoms with van der Waals surface area (Å²) in [5.74, 6) is 0.322. The molecule has 2 aromatic rings. The first kappa shape index (κ1) is 14.1. The van der Waals surface area contributed by atoms with Gasteiger partial charge in [0.05, 0.1) is 0 Å². The Balaban J connectivity index is 2.00. The van der Waals surface area contributed by atoms with Crippen LogP contribution in [0, 0.1) is 11.8 Å². The lowest BCUT2D eigenvalue weighted by Gasteiger charge is -2.38. The van der Waals surface area contributed by atoms with Crippen molar-refractivity contribution in [2.24, 2.45) is 11.8 Å². The number of hydrogen-bond acceptors (Lipinski definition) is 2. The van der Waals surface area contributed by atoms with Crippen molar-refractivity contribution < 1.29 is 9.90 Å². The number of carbonyl (C=O) groups is 1. The van der Waals surface area contributed by atoms with Crippen molar-refractivity contribution >= 4 is 16.9 Å². The fraction of sp³-hybridized carbons (Fsp3) is 0.471. The fourth-order valence-corrected chi connectivity index (χ4v) is 3.73. The molecule has 4 nitrogen and oxygen atoms in total. The number of H-pyrrole nitrogens is 1. The van der Waals surface area contributed by atoms with E-state index >= 15 is 0 Å². The minimum absolute atomic E-state index is 0.542. The Hall–Kier alpha value is -1.81. The predicted octanol–water partition coefficient (Wildman–Crippen LogP) is 3.27. The first-order valence-electron chi connectivity index (χ1n) is 7.59. The maximum atomic E-state index is 11.9. The Labute approximate surface area is 124 Å². The van der Waals surface area contributed by atoms with E-state index in [1.165, 1.54) is 6.42 Å². The zero-order valence-electron chi connectivity index (χ0n) is 12.5. The number of aromatic amines is 1. The van der Waals surface area contributed by atoms with Gasteiger partial charge in [-0.2, -0.15) is 0 Å². The van der Waals surface area contributed by atoms with E-state index in [-0.39, 0.29) is 0 Å². The highest BCUT2D eigenvalue weighted by Crippen LogP contribution is 2.33. The molecule has 1 saturated heterocycles. The van der Waals surface area contributed by atoms with Crippen LogP contribution in [-0.4, -0.2) is 34.0 Å². The molecule has 2 heterocycles. The van der Waals surface area contributed by atoms with Gasteiger partial charge in [0.1, 0.15) is 6.04 Å². The Kier molecular flexibility index (Phi) is 3.72. The molecule has 0 saturated carbocycles. The second kappa shape index (κ2) is 5.53. The Morgan fingerprint density at radius 1 is 1.29 bits per heavy atom. The first-order chi connectivity index (χ1) is 10.1. The van der Waals surface area contributed by atoms with Crippen LogP contribution in [0.4, 0.5) is 0 Å². The number of aromatic nitrogens is 1. The Bertz CT molecular complexity index is 639. The van der Waals surface area contributed by atoms with Gasteiger partial charge in [-0.05, 0) is 24.3 Å². The van der Waals surface area contributed by atoms with Crippen molar-refractivity contribution in [3.63, 3.8) is 0 Å². The predicted molar refractivity (Wildman–Crippen MR) is 83.2 cm³/mol. The highest BCUT2D eigenvalue weighted by molar-refractivity contribution is 5.89. The lowest BCUT2D eigenvalue weighted by atomic mass is 9.89. The van der Waals surface area contributed by atoms with Crippen LogP contribution in [0.3, 0.4) is 0 Å². The van der Waals surface area contributed by atoms with Crippen LogP contribution in [0.15, 0.2) is 30.5 Å². The highest BCUT2D eigenvalue weighted by atomic mass is 16.4. The SMILES string of the molecule is C[C@@H]1C[C@H](C)CN(C(C(=O)O)c2c[nH]c3ccccc23)C1. The fourth-order valence-electron chi connectivity index (χ4n) is 3.73. The van der Waals surface area contributed by atoms with Gasteiger partial charge in [0, 0.05) is 35.8 Å².